The Morgan fingerprint density at radius 3 is 2.06 bits per heavy atom. The summed E-state index contributed by atoms with van der Waals surface area (Å²) in [6, 6.07) is 3.76. The second kappa shape index (κ2) is 10.8. The topological polar surface area (TPSA) is 9.23 Å². The first-order valence-corrected chi connectivity index (χ1v) is 10.5. The van der Waals surface area contributed by atoms with E-state index >= 15 is 0 Å². The van der Waals surface area contributed by atoms with E-state index in [0.717, 1.165) is 6.42 Å². The Labute approximate surface area is 116 Å². The van der Waals surface area contributed by atoms with Crippen LogP contribution in [0.15, 0.2) is 12.7 Å². The Morgan fingerprint density at radius 1 is 1.00 bits per heavy atom. The minimum atomic E-state index is -1.43. The molecule has 0 N–H and O–H groups in total. The molecule has 0 aromatic rings. The van der Waals surface area contributed by atoms with E-state index in [-0.39, 0.29) is 0 Å². The molecular weight excluding hydrogens is 236 g/mol. The van der Waals surface area contributed by atoms with Gasteiger partial charge < -0.3 is 4.43 Å². The van der Waals surface area contributed by atoms with Gasteiger partial charge in [0.1, 0.15) is 0 Å². The highest BCUT2D eigenvalue weighted by molar-refractivity contribution is 6.73. The van der Waals surface area contributed by atoms with Gasteiger partial charge >= 0.3 is 0 Å². The summed E-state index contributed by atoms with van der Waals surface area (Å²) < 4.78 is 6.57. The Balaban J connectivity index is 4.26. The molecular formula is C16H34OSi. The molecule has 0 aromatic heterocycles. The van der Waals surface area contributed by atoms with E-state index < -0.39 is 8.32 Å². The van der Waals surface area contributed by atoms with E-state index in [2.05, 4.69) is 34.3 Å². The predicted octanol–water partition coefficient (Wildman–Crippen LogP) is 5.92. The lowest BCUT2D eigenvalue weighted by Crippen LogP contribution is -2.39. The van der Waals surface area contributed by atoms with Gasteiger partial charge in [0.25, 0.3) is 0 Å². The molecule has 0 heterocycles. The van der Waals surface area contributed by atoms with E-state index in [4.69, 9.17) is 4.43 Å². The molecule has 0 saturated carbocycles. The van der Waals surface area contributed by atoms with Crippen LogP contribution in [0.5, 0.6) is 0 Å². The molecule has 1 unspecified atom stereocenters. The van der Waals surface area contributed by atoms with Gasteiger partial charge in [-0.2, -0.15) is 0 Å². The highest BCUT2D eigenvalue weighted by atomic mass is 28.4. The number of hydrogen-bond donors (Lipinski definition) is 0. The minimum Gasteiger partial charge on any atom is -0.414 e. The van der Waals surface area contributed by atoms with Gasteiger partial charge in [0, 0.05) is 6.10 Å². The summed E-state index contributed by atoms with van der Waals surface area (Å²) in [4.78, 5) is 0. The molecule has 0 radical (unpaired) electrons. The SMILES string of the molecule is C=CCC(CCCCCC)O[Si](CC)(CC)CC. The normalized spacial score (nSPS) is 13.6. The highest BCUT2D eigenvalue weighted by Crippen LogP contribution is 2.26. The van der Waals surface area contributed by atoms with Crippen LogP contribution in [0.4, 0.5) is 0 Å². The van der Waals surface area contributed by atoms with Crippen molar-refractivity contribution in [1.82, 2.24) is 0 Å². The first-order valence-electron chi connectivity index (χ1n) is 7.96. The van der Waals surface area contributed by atoms with Gasteiger partial charge in [-0.25, -0.2) is 0 Å². The molecule has 0 aliphatic carbocycles. The molecule has 0 fully saturated rings. The van der Waals surface area contributed by atoms with Crippen molar-refractivity contribution >= 4 is 8.32 Å². The van der Waals surface area contributed by atoms with Gasteiger partial charge in [-0.1, -0.05) is 59.5 Å². The lowest BCUT2D eigenvalue weighted by molar-refractivity contribution is 0.175. The van der Waals surface area contributed by atoms with Crippen molar-refractivity contribution in [1.29, 1.82) is 0 Å². The van der Waals surface area contributed by atoms with Crippen LogP contribution in [0.1, 0.15) is 66.2 Å². The number of hydrogen-bond acceptors (Lipinski definition) is 1. The van der Waals surface area contributed by atoms with Crippen molar-refractivity contribution < 1.29 is 4.43 Å². The fourth-order valence-electron chi connectivity index (χ4n) is 2.56. The van der Waals surface area contributed by atoms with Crippen molar-refractivity contribution in [2.24, 2.45) is 0 Å². The zero-order valence-corrected chi connectivity index (χ0v) is 14.1. The van der Waals surface area contributed by atoms with Crippen LogP contribution in [0.2, 0.25) is 18.1 Å². The Bertz CT molecular complexity index is 191. The van der Waals surface area contributed by atoms with Crippen molar-refractivity contribution in [3.05, 3.63) is 12.7 Å². The van der Waals surface area contributed by atoms with Crippen LogP contribution in [0.25, 0.3) is 0 Å². The van der Waals surface area contributed by atoms with Crippen molar-refractivity contribution in [3.8, 4) is 0 Å². The van der Waals surface area contributed by atoms with Gasteiger partial charge in [0.05, 0.1) is 0 Å². The molecule has 0 amide bonds. The van der Waals surface area contributed by atoms with E-state index in [1.165, 1.54) is 50.2 Å². The summed E-state index contributed by atoms with van der Waals surface area (Å²) >= 11 is 0. The summed E-state index contributed by atoms with van der Waals surface area (Å²) in [6.45, 7) is 13.1. The van der Waals surface area contributed by atoms with E-state index in [1.807, 2.05) is 6.08 Å². The highest BCUT2D eigenvalue weighted by Gasteiger charge is 2.31. The molecule has 1 atom stereocenters. The van der Waals surface area contributed by atoms with E-state index in [0.29, 0.717) is 6.10 Å². The maximum absolute atomic E-state index is 6.57. The first kappa shape index (κ1) is 17.9. The molecule has 0 aromatic carbocycles. The molecule has 0 bridgehead atoms. The minimum absolute atomic E-state index is 0.436. The second-order valence-corrected chi connectivity index (χ2v) is 10.1. The second-order valence-electron chi connectivity index (χ2n) is 5.36. The largest absolute Gasteiger partial charge is 0.414 e. The zero-order valence-electron chi connectivity index (χ0n) is 13.1. The summed E-state index contributed by atoms with van der Waals surface area (Å²) in [5, 5.41) is 0. The van der Waals surface area contributed by atoms with Crippen molar-refractivity contribution in [2.75, 3.05) is 0 Å². The van der Waals surface area contributed by atoms with E-state index in [1.54, 1.807) is 0 Å². The van der Waals surface area contributed by atoms with Gasteiger partial charge in [-0.15, -0.1) is 6.58 Å². The molecule has 0 spiro atoms. The quantitative estimate of drug-likeness (QED) is 0.243. The monoisotopic (exact) mass is 270 g/mol. The molecule has 2 heteroatoms. The average Bonchev–Trinajstić information content (AvgIpc) is 2.41. The predicted molar refractivity (Wildman–Crippen MR) is 85.6 cm³/mol. The third-order valence-electron chi connectivity index (χ3n) is 4.16. The zero-order chi connectivity index (χ0) is 13.9. The fourth-order valence-corrected chi connectivity index (χ4v) is 5.48. The van der Waals surface area contributed by atoms with Crippen LogP contribution in [0.3, 0.4) is 0 Å². The Kier molecular flexibility index (Phi) is 10.8. The molecule has 18 heavy (non-hydrogen) atoms. The van der Waals surface area contributed by atoms with Crippen LogP contribution >= 0.6 is 0 Å². The Morgan fingerprint density at radius 2 is 1.61 bits per heavy atom. The van der Waals surface area contributed by atoms with Crippen LogP contribution < -0.4 is 0 Å². The smallest absolute Gasteiger partial charge is 0.192 e. The molecule has 0 aliphatic rings. The average molecular weight is 271 g/mol. The maximum Gasteiger partial charge on any atom is 0.192 e. The summed E-state index contributed by atoms with van der Waals surface area (Å²) in [6.07, 6.45) is 10.1. The van der Waals surface area contributed by atoms with Gasteiger partial charge in [-0.05, 0) is 31.0 Å². The molecule has 0 saturated heterocycles. The third-order valence-corrected chi connectivity index (χ3v) is 8.86. The number of rotatable bonds is 12. The maximum atomic E-state index is 6.57. The van der Waals surface area contributed by atoms with Crippen LogP contribution in [-0.2, 0) is 4.43 Å². The summed E-state index contributed by atoms with van der Waals surface area (Å²) in [5.41, 5.74) is 0. The fraction of sp³-hybridized carbons (Fsp3) is 0.875. The third kappa shape index (κ3) is 6.74. The van der Waals surface area contributed by atoms with Gasteiger partial charge in [-0.3, -0.25) is 0 Å². The molecule has 108 valence electrons. The van der Waals surface area contributed by atoms with Crippen molar-refractivity contribution in [3.63, 3.8) is 0 Å². The van der Waals surface area contributed by atoms with Crippen molar-refractivity contribution in [2.45, 2.75) is 90.5 Å². The first-order chi connectivity index (χ1) is 8.67. The summed E-state index contributed by atoms with van der Waals surface area (Å²) in [5.74, 6) is 0. The standard InChI is InChI=1S/C16H34OSi/c1-6-11-12-13-15-16(14-7-2)17-18(8-3,9-4)10-5/h7,16H,2,6,8-15H2,1,3-5H3. The lowest BCUT2D eigenvalue weighted by atomic mass is 10.1. The summed E-state index contributed by atoms with van der Waals surface area (Å²) in [7, 11) is -1.43. The van der Waals surface area contributed by atoms with Crippen LogP contribution in [0, 0.1) is 0 Å². The van der Waals surface area contributed by atoms with E-state index in [9.17, 15) is 0 Å². The Hall–Kier alpha value is -0.0831. The molecule has 0 rings (SSSR count). The van der Waals surface area contributed by atoms with Gasteiger partial charge in [0.15, 0.2) is 8.32 Å². The van der Waals surface area contributed by atoms with Gasteiger partial charge in [0.2, 0.25) is 0 Å². The van der Waals surface area contributed by atoms with Crippen LogP contribution in [-0.4, -0.2) is 14.4 Å². The number of unbranched alkanes of at least 4 members (excludes halogenated alkanes) is 3. The molecule has 1 nitrogen and oxygen atoms in total. The lowest BCUT2D eigenvalue weighted by Gasteiger charge is -2.33. The molecule has 0 aliphatic heterocycles.